The Morgan fingerprint density at radius 3 is 2.84 bits per heavy atom. The maximum atomic E-state index is 12.9. The summed E-state index contributed by atoms with van der Waals surface area (Å²) in [6.07, 6.45) is 4.73. The number of nitrogens with one attached hydrogen (secondary N) is 1. The third-order valence-corrected chi connectivity index (χ3v) is 5.08. The van der Waals surface area contributed by atoms with Crippen LogP contribution in [0, 0.1) is 6.92 Å². The number of rotatable bonds is 5. The quantitative estimate of drug-likeness (QED) is 0.860. The number of H-pyrrole nitrogens is 1. The average Bonchev–Trinajstić information content (AvgIpc) is 3.26. The van der Waals surface area contributed by atoms with Gasteiger partial charge in [-0.25, -0.2) is 0 Å². The van der Waals surface area contributed by atoms with E-state index in [1.165, 1.54) is 6.20 Å². The lowest BCUT2D eigenvalue weighted by atomic mass is 9.90. The number of piperidine rings is 1. The van der Waals surface area contributed by atoms with Crippen LogP contribution in [0.2, 0.25) is 0 Å². The molecule has 0 aromatic carbocycles. The molecule has 2 aromatic rings. The number of β-amino-alcohol motifs (C(OH)–C–C–N with tert-alkyl or cyclic N) is 1. The van der Waals surface area contributed by atoms with Gasteiger partial charge in [-0.3, -0.25) is 9.48 Å². The fourth-order valence-electron chi connectivity index (χ4n) is 3.60. The van der Waals surface area contributed by atoms with Crippen molar-refractivity contribution < 1.29 is 9.90 Å². The Morgan fingerprint density at radius 1 is 1.44 bits per heavy atom. The van der Waals surface area contributed by atoms with Gasteiger partial charge in [-0.1, -0.05) is 13.8 Å². The summed E-state index contributed by atoms with van der Waals surface area (Å²) in [4.78, 5) is 14.6. The summed E-state index contributed by atoms with van der Waals surface area (Å²) in [7, 11) is 0. The normalized spacial score (nSPS) is 21.1. The lowest BCUT2D eigenvalue weighted by molar-refractivity contribution is -0.0322. The van der Waals surface area contributed by atoms with Gasteiger partial charge in [-0.2, -0.15) is 20.5 Å². The van der Waals surface area contributed by atoms with Crippen molar-refractivity contribution in [3.8, 4) is 0 Å². The molecule has 1 atom stereocenters. The Bertz CT molecular complexity index is 722. The van der Waals surface area contributed by atoms with Crippen LogP contribution in [0.5, 0.6) is 0 Å². The zero-order valence-electron chi connectivity index (χ0n) is 15.1. The molecule has 0 bridgehead atoms. The zero-order valence-corrected chi connectivity index (χ0v) is 15.1. The first-order valence-electron chi connectivity index (χ1n) is 8.92. The number of likely N-dealkylation sites (tertiary alicyclic amines) is 1. The SMILES string of the molecule is CCC(CC)n1nc(C(=O)N2CCC[C@](O)(c3cn[nH]n3)C2)cc1C. The largest absolute Gasteiger partial charge is 0.382 e. The fourth-order valence-corrected chi connectivity index (χ4v) is 3.60. The van der Waals surface area contributed by atoms with Crippen molar-refractivity contribution in [3.05, 3.63) is 29.3 Å². The molecule has 1 aliphatic rings. The van der Waals surface area contributed by atoms with E-state index in [4.69, 9.17) is 0 Å². The van der Waals surface area contributed by atoms with Crippen LogP contribution < -0.4 is 0 Å². The molecule has 3 rings (SSSR count). The van der Waals surface area contributed by atoms with Crippen LogP contribution in [0.15, 0.2) is 12.3 Å². The van der Waals surface area contributed by atoms with E-state index in [0.717, 1.165) is 18.5 Å². The number of hydrogen-bond acceptors (Lipinski definition) is 5. The molecule has 8 nitrogen and oxygen atoms in total. The zero-order chi connectivity index (χ0) is 18.0. The van der Waals surface area contributed by atoms with E-state index in [2.05, 4.69) is 34.4 Å². The van der Waals surface area contributed by atoms with Gasteiger partial charge in [0.25, 0.3) is 5.91 Å². The number of amides is 1. The predicted molar refractivity (Wildman–Crippen MR) is 92.0 cm³/mol. The Balaban J connectivity index is 1.80. The molecule has 3 heterocycles. The molecule has 0 aliphatic carbocycles. The van der Waals surface area contributed by atoms with Gasteiger partial charge >= 0.3 is 0 Å². The van der Waals surface area contributed by atoms with Gasteiger partial charge in [0.1, 0.15) is 11.3 Å². The summed E-state index contributed by atoms with van der Waals surface area (Å²) in [6.45, 7) is 7.04. The molecule has 0 unspecified atom stereocenters. The number of aromatic amines is 1. The summed E-state index contributed by atoms with van der Waals surface area (Å²) < 4.78 is 1.95. The molecule has 8 heteroatoms. The first-order valence-corrected chi connectivity index (χ1v) is 8.92. The van der Waals surface area contributed by atoms with E-state index in [-0.39, 0.29) is 12.5 Å². The second-order valence-corrected chi connectivity index (χ2v) is 6.80. The second-order valence-electron chi connectivity index (χ2n) is 6.80. The summed E-state index contributed by atoms with van der Waals surface area (Å²) in [5, 5.41) is 25.7. The highest BCUT2D eigenvalue weighted by molar-refractivity contribution is 5.92. The Hall–Kier alpha value is -2.22. The van der Waals surface area contributed by atoms with Crippen LogP contribution in [0.1, 0.15) is 67.4 Å². The molecule has 1 aliphatic heterocycles. The molecule has 0 spiro atoms. The van der Waals surface area contributed by atoms with E-state index in [1.807, 2.05) is 17.7 Å². The predicted octanol–water partition coefficient (Wildman–Crippen LogP) is 1.79. The van der Waals surface area contributed by atoms with E-state index < -0.39 is 5.60 Å². The minimum atomic E-state index is -1.16. The molecule has 1 amide bonds. The fraction of sp³-hybridized carbons (Fsp3) is 0.647. The summed E-state index contributed by atoms with van der Waals surface area (Å²) >= 11 is 0. The van der Waals surface area contributed by atoms with Gasteiger partial charge in [-0.05, 0) is 38.7 Å². The van der Waals surface area contributed by atoms with Crippen LogP contribution in [-0.4, -0.2) is 54.2 Å². The first kappa shape index (κ1) is 17.6. The van der Waals surface area contributed by atoms with Gasteiger partial charge in [0, 0.05) is 12.2 Å². The smallest absolute Gasteiger partial charge is 0.274 e. The van der Waals surface area contributed by atoms with Crippen molar-refractivity contribution >= 4 is 5.91 Å². The number of carbonyl (C=O) groups excluding carboxylic acids is 1. The standard InChI is InChI=1S/C17H26N6O2/c1-4-13(5-2)23-12(3)9-14(20-23)16(24)22-8-6-7-17(25,11-22)15-10-18-21-19-15/h9-10,13,25H,4-8,11H2,1-3H3,(H,18,19,21)/t17-/m1/s1. The van der Waals surface area contributed by atoms with Crippen molar-refractivity contribution in [1.82, 2.24) is 30.1 Å². The van der Waals surface area contributed by atoms with Crippen LogP contribution in [-0.2, 0) is 5.60 Å². The summed E-state index contributed by atoms with van der Waals surface area (Å²) in [5.74, 6) is -0.144. The van der Waals surface area contributed by atoms with Gasteiger partial charge in [-0.15, -0.1) is 0 Å². The lowest BCUT2D eigenvalue weighted by Gasteiger charge is -2.37. The Morgan fingerprint density at radius 2 is 2.20 bits per heavy atom. The summed E-state index contributed by atoms with van der Waals surface area (Å²) in [5.41, 5.74) is 0.742. The number of nitrogens with zero attached hydrogens (tertiary/aromatic N) is 5. The molecule has 0 radical (unpaired) electrons. The van der Waals surface area contributed by atoms with Crippen LogP contribution >= 0.6 is 0 Å². The van der Waals surface area contributed by atoms with Crippen molar-refractivity contribution in [2.75, 3.05) is 13.1 Å². The maximum Gasteiger partial charge on any atom is 0.274 e. The van der Waals surface area contributed by atoms with E-state index in [0.29, 0.717) is 36.8 Å². The Kier molecular flexibility index (Phi) is 4.89. The molecule has 25 heavy (non-hydrogen) atoms. The van der Waals surface area contributed by atoms with Crippen molar-refractivity contribution in [3.63, 3.8) is 0 Å². The third-order valence-electron chi connectivity index (χ3n) is 5.08. The minimum absolute atomic E-state index is 0.144. The van der Waals surface area contributed by atoms with Crippen molar-refractivity contribution in [2.24, 2.45) is 0 Å². The monoisotopic (exact) mass is 346 g/mol. The molecule has 0 saturated carbocycles. The van der Waals surface area contributed by atoms with Crippen LogP contribution in [0.3, 0.4) is 0 Å². The number of aliphatic hydroxyl groups is 1. The number of aryl methyl sites for hydroxylation is 1. The van der Waals surface area contributed by atoms with Crippen LogP contribution in [0.4, 0.5) is 0 Å². The molecule has 136 valence electrons. The van der Waals surface area contributed by atoms with E-state index in [9.17, 15) is 9.90 Å². The molecule has 1 fully saturated rings. The lowest BCUT2D eigenvalue weighted by Crippen LogP contribution is -2.48. The number of aromatic nitrogens is 5. The van der Waals surface area contributed by atoms with Crippen molar-refractivity contribution in [1.29, 1.82) is 0 Å². The van der Waals surface area contributed by atoms with Crippen molar-refractivity contribution in [2.45, 2.75) is 58.1 Å². The number of carbonyl (C=O) groups is 1. The molecule has 2 aromatic heterocycles. The topological polar surface area (TPSA) is 99.9 Å². The Labute approximate surface area is 147 Å². The maximum absolute atomic E-state index is 12.9. The van der Waals surface area contributed by atoms with E-state index in [1.54, 1.807) is 4.90 Å². The highest BCUT2D eigenvalue weighted by Crippen LogP contribution is 2.30. The van der Waals surface area contributed by atoms with Gasteiger partial charge in [0.05, 0.1) is 18.8 Å². The molecule has 1 saturated heterocycles. The van der Waals surface area contributed by atoms with E-state index >= 15 is 0 Å². The average molecular weight is 346 g/mol. The first-order chi connectivity index (χ1) is 12.0. The second kappa shape index (κ2) is 6.95. The van der Waals surface area contributed by atoms with Gasteiger partial charge in [0.15, 0.2) is 5.69 Å². The highest BCUT2D eigenvalue weighted by atomic mass is 16.3. The summed E-state index contributed by atoms with van der Waals surface area (Å²) in [6, 6.07) is 2.14. The molecular weight excluding hydrogens is 320 g/mol. The number of hydrogen-bond donors (Lipinski definition) is 2. The van der Waals surface area contributed by atoms with Gasteiger partial charge in [0.2, 0.25) is 0 Å². The minimum Gasteiger partial charge on any atom is -0.382 e. The molecular formula is C17H26N6O2. The van der Waals surface area contributed by atoms with Crippen LogP contribution in [0.25, 0.3) is 0 Å². The highest BCUT2D eigenvalue weighted by Gasteiger charge is 2.39. The third kappa shape index (κ3) is 3.30. The van der Waals surface area contributed by atoms with Gasteiger partial charge < -0.3 is 10.0 Å². The molecule has 2 N–H and O–H groups in total.